The van der Waals surface area contributed by atoms with Crippen molar-refractivity contribution >= 4 is 28.3 Å². The Hall–Kier alpha value is -1.80. The van der Waals surface area contributed by atoms with E-state index in [9.17, 15) is 13.6 Å². The van der Waals surface area contributed by atoms with Gasteiger partial charge in [0, 0.05) is 25.9 Å². The Labute approximate surface area is 129 Å². The number of pyridine rings is 1. The number of halogens is 3. The zero-order valence-electron chi connectivity index (χ0n) is 11.5. The van der Waals surface area contributed by atoms with E-state index in [0.717, 1.165) is 0 Å². The van der Waals surface area contributed by atoms with Crippen molar-refractivity contribution in [1.82, 2.24) is 15.0 Å². The van der Waals surface area contributed by atoms with Crippen molar-refractivity contribution in [1.29, 1.82) is 0 Å². The third kappa shape index (κ3) is 2.76. The summed E-state index contributed by atoms with van der Waals surface area (Å²) >= 11 is 5.64. The number of anilines is 1. The summed E-state index contributed by atoms with van der Waals surface area (Å²) in [6, 6.07) is 0. The molecule has 2 aromatic rings. The van der Waals surface area contributed by atoms with E-state index in [4.69, 9.17) is 16.3 Å². The summed E-state index contributed by atoms with van der Waals surface area (Å²) in [5.41, 5.74) is -0.761. The molecule has 0 saturated carbocycles. The fourth-order valence-electron chi connectivity index (χ4n) is 2.47. The first-order chi connectivity index (χ1) is 10.6. The summed E-state index contributed by atoms with van der Waals surface area (Å²) in [6.45, 7) is 0.527. The van der Waals surface area contributed by atoms with Crippen molar-refractivity contribution < 1.29 is 13.5 Å². The van der Waals surface area contributed by atoms with E-state index in [-0.39, 0.29) is 23.0 Å². The third-order valence-electron chi connectivity index (χ3n) is 3.48. The standard InChI is InChI=1S/C13H13ClF2N4O2/c14-11-9(16)10-8(5-17-11)12(19-13(21)18-10)20-2-1-3-22-7(4-15)6-20/h5,7H,1-4,6H2,(H,18,19,21)/t7-/m0/s1. The van der Waals surface area contributed by atoms with Gasteiger partial charge in [-0.05, 0) is 6.42 Å². The minimum Gasteiger partial charge on any atom is -0.374 e. The number of fused-ring (bicyclic) bond motifs is 1. The van der Waals surface area contributed by atoms with Crippen LogP contribution in [-0.4, -0.2) is 47.4 Å². The highest BCUT2D eigenvalue weighted by molar-refractivity contribution is 6.30. The van der Waals surface area contributed by atoms with Crippen LogP contribution in [0.2, 0.25) is 5.15 Å². The Morgan fingerprint density at radius 3 is 3.14 bits per heavy atom. The van der Waals surface area contributed by atoms with Crippen LogP contribution >= 0.6 is 11.6 Å². The summed E-state index contributed by atoms with van der Waals surface area (Å²) < 4.78 is 32.3. The summed E-state index contributed by atoms with van der Waals surface area (Å²) in [5.74, 6) is -0.557. The first kappa shape index (κ1) is 15.1. The van der Waals surface area contributed by atoms with Crippen LogP contribution in [0.15, 0.2) is 11.0 Å². The second kappa shape index (κ2) is 6.13. The van der Waals surface area contributed by atoms with Gasteiger partial charge >= 0.3 is 5.69 Å². The molecule has 1 atom stereocenters. The zero-order chi connectivity index (χ0) is 15.7. The average Bonchev–Trinajstić information content (AvgIpc) is 2.76. The molecule has 1 aliphatic heterocycles. The molecule has 0 amide bonds. The number of hydrogen-bond donors (Lipinski definition) is 1. The van der Waals surface area contributed by atoms with E-state index in [0.29, 0.717) is 25.0 Å². The smallest absolute Gasteiger partial charge is 0.347 e. The van der Waals surface area contributed by atoms with Gasteiger partial charge in [-0.25, -0.2) is 18.6 Å². The molecule has 6 nitrogen and oxygen atoms in total. The van der Waals surface area contributed by atoms with Crippen molar-refractivity contribution in [3.8, 4) is 0 Å². The Morgan fingerprint density at radius 1 is 1.55 bits per heavy atom. The molecular weight excluding hydrogens is 318 g/mol. The quantitative estimate of drug-likeness (QED) is 0.848. The van der Waals surface area contributed by atoms with Gasteiger partial charge in [-0.2, -0.15) is 4.98 Å². The van der Waals surface area contributed by atoms with E-state index < -0.39 is 24.3 Å². The van der Waals surface area contributed by atoms with Crippen LogP contribution in [0.5, 0.6) is 0 Å². The number of H-pyrrole nitrogens is 1. The summed E-state index contributed by atoms with van der Waals surface area (Å²) in [4.78, 5) is 23.4. The number of aromatic amines is 1. The van der Waals surface area contributed by atoms with Gasteiger partial charge in [0.2, 0.25) is 0 Å². The van der Waals surface area contributed by atoms with Crippen molar-refractivity contribution in [2.75, 3.05) is 31.3 Å². The van der Waals surface area contributed by atoms with Crippen LogP contribution in [0.1, 0.15) is 6.42 Å². The number of alkyl halides is 1. The highest BCUT2D eigenvalue weighted by Crippen LogP contribution is 2.27. The number of nitrogens with zero attached hydrogens (tertiary/aromatic N) is 3. The first-order valence-electron chi connectivity index (χ1n) is 6.76. The first-order valence-corrected chi connectivity index (χ1v) is 7.14. The fraction of sp³-hybridized carbons (Fsp3) is 0.462. The van der Waals surface area contributed by atoms with Crippen LogP contribution in [0.3, 0.4) is 0 Å². The Bertz CT molecular complexity index is 755. The van der Waals surface area contributed by atoms with E-state index in [1.807, 2.05) is 0 Å². The van der Waals surface area contributed by atoms with E-state index >= 15 is 0 Å². The maximum atomic E-state index is 14.1. The molecule has 0 aliphatic carbocycles. The van der Waals surface area contributed by atoms with Crippen LogP contribution in [-0.2, 0) is 4.74 Å². The lowest BCUT2D eigenvalue weighted by Gasteiger charge is -2.24. The van der Waals surface area contributed by atoms with Crippen molar-refractivity contribution in [2.45, 2.75) is 12.5 Å². The molecule has 1 fully saturated rings. The lowest BCUT2D eigenvalue weighted by molar-refractivity contribution is 0.0508. The molecule has 3 rings (SSSR count). The third-order valence-corrected chi connectivity index (χ3v) is 3.74. The molecule has 3 heterocycles. The molecule has 0 spiro atoms. The van der Waals surface area contributed by atoms with E-state index in [1.165, 1.54) is 6.20 Å². The molecule has 1 saturated heterocycles. The minimum absolute atomic E-state index is 0.0584. The summed E-state index contributed by atoms with van der Waals surface area (Å²) in [5, 5.41) is -0.0119. The largest absolute Gasteiger partial charge is 0.374 e. The van der Waals surface area contributed by atoms with E-state index in [2.05, 4.69) is 15.0 Å². The number of aromatic nitrogens is 3. The highest BCUT2D eigenvalue weighted by Gasteiger charge is 2.23. The lowest BCUT2D eigenvalue weighted by Crippen LogP contribution is -2.35. The molecule has 0 bridgehead atoms. The molecule has 1 N–H and O–H groups in total. The van der Waals surface area contributed by atoms with E-state index in [1.54, 1.807) is 4.90 Å². The van der Waals surface area contributed by atoms with Gasteiger partial charge in [-0.3, -0.25) is 0 Å². The molecule has 0 unspecified atom stereocenters. The molecular formula is C13H13ClF2N4O2. The predicted octanol–water partition coefficient (Wildman–Crippen LogP) is 1.68. The molecule has 9 heteroatoms. The topological polar surface area (TPSA) is 71.1 Å². The normalized spacial score (nSPS) is 19.4. The van der Waals surface area contributed by atoms with Crippen LogP contribution in [0.4, 0.5) is 14.6 Å². The molecule has 118 valence electrons. The fourth-order valence-corrected chi connectivity index (χ4v) is 2.61. The second-order valence-electron chi connectivity index (χ2n) is 4.96. The monoisotopic (exact) mass is 330 g/mol. The van der Waals surface area contributed by atoms with Gasteiger partial charge in [0.15, 0.2) is 11.0 Å². The molecule has 0 radical (unpaired) electrons. The van der Waals surface area contributed by atoms with Gasteiger partial charge in [-0.1, -0.05) is 11.6 Å². The van der Waals surface area contributed by atoms with Gasteiger partial charge in [-0.15, -0.1) is 0 Å². The Balaban J connectivity index is 2.13. The minimum atomic E-state index is -0.812. The van der Waals surface area contributed by atoms with Gasteiger partial charge in [0.05, 0.1) is 10.9 Å². The van der Waals surface area contributed by atoms with Crippen LogP contribution in [0, 0.1) is 5.82 Å². The molecule has 22 heavy (non-hydrogen) atoms. The maximum Gasteiger partial charge on any atom is 0.347 e. The maximum absolute atomic E-state index is 14.1. The summed E-state index contributed by atoms with van der Waals surface area (Å²) in [7, 11) is 0. The van der Waals surface area contributed by atoms with Crippen LogP contribution < -0.4 is 10.6 Å². The van der Waals surface area contributed by atoms with Gasteiger partial charge in [0.1, 0.15) is 18.6 Å². The molecule has 2 aromatic heterocycles. The zero-order valence-corrected chi connectivity index (χ0v) is 12.2. The number of ether oxygens (including phenoxy) is 1. The van der Waals surface area contributed by atoms with Crippen molar-refractivity contribution in [3.63, 3.8) is 0 Å². The predicted molar refractivity (Wildman–Crippen MR) is 77.7 cm³/mol. The second-order valence-corrected chi connectivity index (χ2v) is 5.32. The highest BCUT2D eigenvalue weighted by atomic mass is 35.5. The lowest BCUT2D eigenvalue weighted by atomic mass is 10.2. The van der Waals surface area contributed by atoms with Gasteiger partial charge < -0.3 is 14.6 Å². The molecule has 0 aromatic carbocycles. The SMILES string of the molecule is O=c1nc(N2CCCO[C@@H](CF)C2)c2cnc(Cl)c(F)c2[nH]1. The number of hydrogen-bond acceptors (Lipinski definition) is 5. The summed E-state index contributed by atoms with van der Waals surface area (Å²) in [6.07, 6.45) is 1.38. The van der Waals surface area contributed by atoms with Crippen LogP contribution in [0.25, 0.3) is 10.9 Å². The van der Waals surface area contributed by atoms with Crippen molar-refractivity contribution in [3.05, 3.63) is 27.7 Å². The number of nitrogens with one attached hydrogen (secondary N) is 1. The molecule has 1 aliphatic rings. The Kier molecular flexibility index (Phi) is 4.21. The van der Waals surface area contributed by atoms with Crippen molar-refractivity contribution in [2.24, 2.45) is 0 Å². The Morgan fingerprint density at radius 2 is 2.36 bits per heavy atom. The average molecular weight is 331 g/mol. The van der Waals surface area contributed by atoms with Gasteiger partial charge in [0.25, 0.3) is 0 Å². The number of rotatable bonds is 2.